The molecule has 84 valence electrons. The third-order valence-electron chi connectivity index (χ3n) is 3.19. The van der Waals surface area contributed by atoms with Crippen LogP contribution in [0.5, 0.6) is 0 Å². The molecule has 1 rings (SSSR count). The van der Waals surface area contributed by atoms with E-state index in [4.69, 9.17) is 5.73 Å². The number of hydrogen-bond donors (Lipinski definition) is 2. The number of hydrogen-bond acceptors (Lipinski definition) is 2. The monoisotopic (exact) mass is 207 g/mol. The van der Waals surface area contributed by atoms with Gasteiger partial charge in [0.05, 0.1) is 5.60 Å². The van der Waals surface area contributed by atoms with Crippen LogP contribution < -0.4 is 5.73 Å². The van der Waals surface area contributed by atoms with E-state index in [1.807, 2.05) is 13.0 Å². The summed E-state index contributed by atoms with van der Waals surface area (Å²) >= 11 is 0. The Kier molecular flexibility index (Phi) is 3.89. The average Bonchev–Trinajstić information content (AvgIpc) is 2.23. The van der Waals surface area contributed by atoms with Crippen LogP contribution in [0.15, 0.2) is 18.2 Å². The van der Waals surface area contributed by atoms with E-state index in [1.54, 1.807) is 0 Å². The second-order valence-electron chi connectivity index (χ2n) is 4.33. The highest BCUT2D eigenvalue weighted by Crippen LogP contribution is 2.21. The standard InChI is InChI=1S/C13H21NO/c1-4-13(15,9-14)8-12-10(2)6-5-7-11(12)3/h5-7,15H,4,8-9,14H2,1-3H3. The number of rotatable bonds is 4. The van der Waals surface area contributed by atoms with Crippen LogP contribution >= 0.6 is 0 Å². The highest BCUT2D eigenvalue weighted by Gasteiger charge is 2.24. The molecular weight excluding hydrogens is 186 g/mol. The second kappa shape index (κ2) is 4.77. The molecule has 0 radical (unpaired) electrons. The molecule has 0 amide bonds. The predicted octanol–water partition coefficient (Wildman–Crippen LogP) is 1.95. The van der Waals surface area contributed by atoms with Gasteiger partial charge in [0, 0.05) is 13.0 Å². The van der Waals surface area contributed by atoms with Gasteiger partial charge < -0.3 is 10.8 Å². The minimum absolute atomic E-state index is 0.317. The molecule has 0 saturated carbocycles. The summed E-state index contributed by atoms with van der Waals surface area (Å²) in [5.74, 6) is 0. The summed E-state index contributed by atoms with van der Waals surface area (Å²) in [6.07, 6.45) is 1.34. The van der Waals surface area contributed by atoms with Gasteiger partial charge in [-0.1, -0.05) is 25.1 Å². The largest absolute Gasteiger partial charge is 0.388 e. The van der Waals surface area contributed by atoms with Gasteiger partial charge in [-0.15, -0.1) is 0 Å². The SMILES string of the molecule is CCC(O)(CN)Cc1c(C)cccc1C. The average molecular weight is 207 g/mol. The lowest BCUT2D eigenvalue weighted by molar-refractivity contribution is 0.0453. The quantitative estimate of drug-likeness (QED) is 0.792. The van der Waals surface area contributed by atoms with Crippen molar-refractivity contribution in [1.29, 1.82) is 0 Å². The molecule has 0 aliphatic carbocycles. The lowest BCUT2D eigenvalue weighted by atomic mass is 9.88. The van der Waals surface area contributed by atoms with Crippen molar-refractivity contribution < 1.29 is 5.11 Å². The molecule has 0 aliphatic rings. The Morgan fingerprint density at radius 1 is 1.27 bits per heavy atom. The number of nitrogens with two attached hydrogens (primary N) is 1. The van der Waals surface area contributed by atoms with Gasteiger partial charge in [0.25, 0.3) is 0 Å². The van der Waals surface area contributed by atoms with E-state index in [0.717, 1.165) is 0 Å². The van der Waals surface area contributed by atoms with Crippen LogP contribution in [-0.2, 0) is 6.42 Å². The normalized spacial score (nSPS) is 15.0. The predicted molar refractivity (Wildman–Crippen MR) is 63.9 cm³/mol. The third-order valence-corrected chi connectivity index (χ3v) is 3.19. The van der Waals surface area contributed by atoms with E-state index >= 15 is 0 Å². The van der Waals surface area contributed by atoms with E-state index in [-0.39, 0.29) is 0 Å². The molecule has 0 aromatic heterocycles. The van der Waals surface area contributed by atoms with Gasteiger partial charge in [-0.25, -0.2) is 0 Å². The van der Waals surface area contributed by atoms with Crippen LogP contribution in [0.3, 0.4) is 0 Å². The number of aryl methyl sites for hydroxylation is 2. The molecule has 2 nitrogen and oxygen atoms in total. The summed E-state index contributed by atoms with van der Waals surface area (Å²) in [4.78, 5) is 0. The van der Waals surface area contributed by atoms with Gasteiger partial charge in [0.15, 0.2) is 0 Å². The molecule has 0 bridgehead atoms. The Bertz CT molecular complexity index is 309. The van der Waals surface area contributed by atoms with Crippen LogP contribution in [0.4, 0.5) is 0 Å². The maximum atomic E-state index is 10.2. The molecule has 1 aromatic rings. The van der Waals surface area contributed by atoms with Crippen LogP contribution in [0, 0.1) is 13.8 Å². The van der Waals surface area contributed by atoms with Crippen molar-refractivity contribution in [3.63, 3.8) is 0 Å². The smallest absolute Gasteiger partial charge is 0.0807 e. The van der Waals surface area contributed by atoms with E-state index in [1.165, 1.54) is 16.7 Å². The minimum Gasteiger partial charge on any atom is -0.388 e. The Balaban J connectivity index is 2.98. The molecule has 1 aromatic carbocycles. The Morgan fingerprint density at radius 2 is 1.80 bits per heavy atom. The first kappa shape index (κ1) is 12.2. The van der Waals surface area contributed by atoms with E-state index < -0.39 is 5.60 Å². The summed E-state index contributed by atoms with van der Waals surface area (Å²) in [5, 5.41) is 10.2. The first-order valence-corrected chi connectivity index (χ1v) is 5.50. The molecular formula is C13H21NO. The van der Waals surface area contributed by atoms with Gasteiger partial charge in [0.2, 0.25) is 0 Å². The number of aliphatic hydroxyl groups is 1. The zero-order valence-corrected chi connectivity index (χ0v) is 9.88. The lowest BCUT2D eigenvalue weighted by Gasteiger charge is -2.26. The van der Waals surface area contributed by atoms with Gasteiger partial charge >= 0.3 is 0 Å². The molecule has 15 heavy (non-hydrogen) atoms. The fraction of sp³-hybridized carbons (Fsp3) is 0.538. The van der Waals surface area contributed by atoms with Crippen molar-refractivity contribution in [2.45, 2.75) is 39.2 Å². The molecule has 3 N–H and O–H groups in total. The molecule has 1 atom stereocenters. The minimum atomic E-state index is -0.753. The Morgan fingerprint density at radius 3 is 2.20 bits per heavy atom. The fourth-order valence-electron chi connectivity index (χ4n) is 1.80. The molecule has 1 unspecified atom stereocenters. The highest BCUT2D eigenvalue weighted by molar-refractivity contribution is 5.34. The van der Waals surface area contributed by atoms with Crippen molar-refractivity contribution in [2.24, 2.45) is 5.73 Å². The Labute approximate surface area is 92.1 Å². The van der Waals surface area contributed by atoms with Crippen LogP contribution in [0.2, 0.25) is 0 Å². The molecule has 0 aliphatic heterocycles. The molecule has 0 fully saturated rings. The molecule has 0 spiro atoms. The van der Waals surface area contributed by atoms with Crippen molar-refractivity contribution in [3.05, 3.63) is 34.9 Å². The van der Waals surface area contributed by atoms with Gasteiger partial charge in [-0.05, 0) is 37.0 Å². The Hall–Kier alpha value is -0.860. The van der Waals surface area contributed by atoms with Crippen molar-refractivity contribution >= 4 is 0 Å². The van der Waals surface area contributed by atoms with Crippen LogP contribution in [0.1, 0.15) is 30.0 Å². The van der Waals surface area contributed by atoms with Gasteiger partial charge in [-0.3, -0.25) is 0 Å². The summed E-state index contributed by atoms with van der Waals surface area (Å²) in [7, 11) is 0. The zero-order valence-electron chi connectivity index (χ0n) is 9.88. The molecule has 2 heteroatoms. The highest BCUT2D eigenvalue weighted by atomic mass is 16.3. The van der Waals surface area contributed by atoms with E-state index in [2.05, 4.69) is 26.0 Å². The molecule has 0 saturated heterocycles. The summed E-state index contributed by atoms with van der Waals surface area (Å²) in [5.41, 5.74) is 8.55. The summed E-state index contributed by atoms with van der Waals surface area (Å²) in [6, 6.07) is 6.20. The second-order valence-corrected chi connectivity index (χ2v) is 4.33. The van der Waals surface area contributed by atoms with Crippen LogP contribution in [0.25, 0.3) is 0 Å². The molecule has 0 heterocycles. The first-order chi connectivity index (χ1) is 7.02. The van der Waals surface area contributed by atoms with Gasteiger partial charge in [-0.2, -0.15) is 0 Å². The van der Waals surface area contributed by atoms with Gasteiger partial charge in [0.1, 0.15) is 0 Å². The van der Waals surface area contributed by atoms with E-state index in [9.17, 15) is 5.11 Å². The van der Waals surface area contributed by atoms with Crippen molar-refractivity contribution in [3.8, 4) is 0 Å². The maximum absolute atomic E-state index is 10.2. The van der Waals surface area contributed by atoms with Crippen molar-refractivity contribution in [1.82, 2.24) is 0 Å². The maximum Gasteiger partial charge on any atom is 0.0807 e. The third kappa shape index (κ3) is 2.80. The first-order valence-electron chi connectivity index (χ1n) is 5.50. The van der Waals surface area contributed by atoms with Crippen molar-refractivity contribution in [2.75, 3.05) is 6.54 Å². The summed E-state index contributed by atoms with van der Waals surface area (Å²) < 4.78 is 0. The summed E-state index contributed by atoms with van der Waals surface area (Å²) in [6.45, 7) is 6.45. The fourth-order valence-corrected chi connectivity index (χ4v) is 1.80. The zero-order chi connectivity index (χ0) is 11.5. The topological polar surface area (TPSA) is 46.2 Å². The lowest BCUT2D eigenvalue weighted by Crippen LogP contribution is -2.39. The van der Waals surface area contributed by atoms with E-state index in [0.29, 0.717) is 19.4 Å². The number of benzene rings is 1. The van der Waals surface area contributed by atoms with Crippen LogP contribution in [-0.4, -0.2) is 17.3 Å².